The monoisotopic (exact) mass is 308 g/mol. The normalized spacial score (nSPS) is 10.2. The van der Waals surface area contributed by atoms with Crippen LogP contribution in [0.2, 0.25) is 0 Å². The molecule has 18 heavy (non-hydrogen) atoms. The van der Waals surface area contributed by atoms with Gasteiger partial charge in [0.15, 0.2) is 0 Å². The highest BCUT2D eigenvalue weighted by Gasteiger charge is 2.11. The molecule has 5 heteroatoms. The predicted octanol–water partition coefficient (Wildman–Crippen LogP) is 3.54. The average Bonchev–Trinajstić information content (AvgIpc) is 2.34. The molecule has 1 aromatic carbocycles. The number of halogens is 2. The van der Waals surface area contributed by atoms with Crippen molar-refractivity contribution < 1.29 is 9.18 Å². The van der Waals surface area contributed by atoms with E-state index in [1.807, 2.05) is 0 Å². The molecule has 0 aliphatic carbocycles. The minimum atomic E-state index is -0.349. The lowest BCUT2D eigenvalue weighted by atomic mass is 10.2. The zero-order valence-electron chi connectivity index (χ0n) is 9.58. The van der Waals surface area contributed by atoms with Crippen molar-refractivity contribution >= 4 is 27.5 Å². The van der Waals surface area contributed by atoms with Crippen LogP contribution in [0, 0.1) is 12.7 Å². The second-order valence-electron chi connectivity index (χ2n) is 3.76. The van der Waals surface area contributed by atoms with Crippen molar-refractivity contribution in [2.75, 3.05) is 5.32 Å². The van der Waals surface area contributed by atoms with Gasteiger partial charge < -0.3 is 5.32 Å². The first kappa shape index (κ1) is 12.7. The molecule has 1 N–H and O–H groups in total. The van der Waals surface area contributed by atoms with E-state index in [0.717, 1.165) is 0 Å². The zero-order chi connectivity index (χ0) is 13.1. The minimum absolute atomic E-state index is 0.335. The van der Waals surface area contributed by atoms with Crippen LogP contribution in [0.25, 0.3) is 0 Å². The predicted molar refractivity (Wildman–Crippen MR) is 71.0 cm³/mol. The highest BCUT2D eigenvalue weighted by molar-refractivity contribution is 9.10. The molecule has 1 aromatic heterocycles. The van der Waals surface area contributed by atoms with E-state index in [2.05, 4.69) is 26.2 Å². The summed E-state index contributed by atoms with van der Waals surface area (Å²) in [5.74, 6) is -0.684. The second-order valence-corrected chi connectivity index (χ2v) is 4.51. The minimum Gasteiger partial charge on any atom is -0.322 e. The van der Waals surface area contributed by atoms with Crippen LogP contribution in [-0.4, -0.2) is 10.9 Å². The number of aryl methyl sites for hydroxylation is 1. The van der Waals surface area contributed by atoms with E-state index in [4.69, 9.17) is 0 Å². The van der Waals surface area contributed by atoms with E-state index >= 15 is 0 Å². The maximum absolute atomic E-state index is 13.3. The van der Waals surface area contributed by atoms with Gasteiger partial charge >= 0.3 is 0 Å². The summed E-state index contributed by atoms with van der Waals surface area (Å²) >= 11 is 3.19. The van der Waals surface area contributed by atoms with Crippen LogP contribution in [0.5, 0.6) is 0 Å². The Labute approximate surface area is 112 Å². The molecule has 2 rings (SSSR count). The molecular formula is C13H10BrFN2O. The van der Waals surface area contributed by atoms with Crippen LogP contribution in [0.15, 0.2) is 41.1 Å². The number of nitrogens with zero attached hydrogens (tertiary/aromatic N) is 1. The van der Waals surface area contributed by atoms with Crippen molar-refractivity contribution in [3.05, 3.63) is 58.1 Å². The van der Waals surface area contributed by atoms with Gasteiger partial charge in [0.2, 0.25) is 0 Å². The number of pyridine rings is 1. The number of aromatic nitrogens is 1. The summed E-state index contributed by atoms with van der Waals surface area (Å²) in [5.41, 5.74) is 1.35. The Kier molecular flexibility index (Phi) is 3.72. The lowest BCUT2D eigenvalue weighted by Crippen LogP contribution is -2.13. The number of carbonyl (C=O) groups is 1. The van der Waals surface area contributed by atoms with Gasteiger partial charge in [-0.1, -0.05) is 6.07 Å². The number of nitrogens with one attached hydrogen (secondary N) is 1. The van der Waals surface area contributed by atoms with E-state index in [9.17, 15) is 9.18 Å². The molecular weight excluding hydrogens is 299 g/mol. The number of hydrogen-bond acceptors (Lipinski definition) is 2. The molecule has 0 aliphatic rings. The van der Waals surface area contributed by atoms with E-state index in [0.29, 0.717) is 21.4 Å². The van der Waals surface area contributed by atoms with Gasteiger partial charge in [0.25, 0.3) is 5.91 Å². The van der Waals surface area contributed by atoms with Crippen LogP contribution >= 0.6 is 15.9 Å². The van der Waals surface area contributed by atoms with Crippen LogP contribution < -0.4 is 5.32 Å². The molecule has 0 fully saturated rings. The maximum Gasteiger partial charge on any atom is 0.258 e. The third kappa shape index (κ3) is 2.73. The second kappa shape index (κ2) is 5.27. The van der Waals surface area contributed by atoms with Crippen LogP contribution in [0.3, 0.4) is 0 Å². The fourth-order valence-corrected chi connectivity index (χ4v) is 1.85. The van der Waals surface area contributed by atoms with Crippen molar-refractivity contribution in [3.8, 4) is 0 Å². The summed E-state index contributed by atoms with van der Waals surface area (Å²) in [6.45, 7) is 1.67. The Morgan fingerprint density at radius 2 is 2.17 bits per heavy atom. The lowest BCUT2D eigenvalue weighted by Gasteiger charge is -2.07. The molecule has 0 saturated carbocycles. The first-order chi connectivity index (χ1) is 8.58. The molecule has 0 atom stereocenters. The van der Waals surface area contributed by atoms with Gasteiger partial charge in [-0.25, -0.2) is 9.37 Å². The van der Waals surface area contributed by atoms with Gasteiger partial charge in [-0.05, 0) is 52.7 Å². The fourth-order valence-electron chi connectivity index (χ4n) is 1.42. The van der Waals surface area contributed by atoms with Crippen molar-refractivity contribution in [2.24, 2.45) is 0 Å². The van der Waals surface area contributed by atoms with Gasteiger partial charge in [0.1, 0.15) is 10.4 Å². The Morgan fingerprint density at radius 1 is 1.39 bits per heavy atom. The molecule has 1 heterocycles. The summed E-state index contributed by atoms with van der Waals surface area (Å²) in [7, 11) is 0. The highest BCUT2D eigenvalue weighted by Crippen LogP contribution is 2.17. The molecule has 92 valence electrons. The van der Waals surface area contributed by atoms with E-state index in [1.54, 1.807) is 37.4 Å². The number of carbonyl (C=O) groups excluding carboxylic acids is 1. The molecule has 0 spiro atoms. The van der Waals surface area contributed by atoms with Crippen molar-refractivity contribution in [2.45, 2.75) is 6.92 Å². The number of rotatable bonds is 2. The molecule has 0 aliphatic heterocycles. The summed E-state index contributed by atoms with van der Waals surface area (Å²) in [6, 6.07) is 7.85. The van der Waals surface area contributed by atoms with Crippen LogP contribution in [0.4, 0.5) is 10.1 Å². The smallest absolute Gasteiger partial charge is 0.258 e. The van der Waals surface area contributed by atoms with E-state index in [1.165, 1.54) is 6.07 Å². The topological polar surface area (TPSA) is 42.0 Å². The first-order valence-corrected chi connectivity index (χ1v) is 6.05. The Bertz CT molecular complexity index is 601. The number of hydrogen-bond donors (Lipinski definition) is 1. The summed E-state index contributed by atoms with van der Waals surface area (Å²) < 4.78 is 13.8. The SMILES string of the molecule is Cc1ccc(NC(=O)c2cccnc2Br)cc1F. The van der Waals surface area contributed by atoms with Gasteiger partial charge in [-0.15, -0.1) is 0 Å². The molecule has 2 aromatic rings. The highest BCUT2D eigenvalue weighted by atomic mass is 79.9. The summed E-state index contributed by atoms with van der Waals surface area (Å²) in [4.78, 5) is 15.9. The molecule has 0 bridgehead atoms. The summed E-state index contributed by atoms with van der Waals surface area (Å²) in [5, 5.41) is 2.62. The number of amides is 1. The maximum atomic E-state index is 13.3. The Hall–Kier alpha value is -1.75. The van der Waals surface area contributed by atoms with Crippen molar-refractivity contribution in [1.29, 1.82) is 0 Å². The summed E-state index contributed by atoms with van der Waals surface area (Å²) in [6.07, 6.45) is 1.58. The van der Waals surface area contributed by atoms with Crippen molar-refractivity contribution in [3.63, 3.8) is 0 Å². The lowest BCUT2D eigenvalue weighted by molar-refractivity contribution is 0.102. The number of anilines is 1. The third-order valence-electron chi connectivity index (χ3n) is 2.43. The molecule has 0 radical (unpaired) electrons. The first-order valence-electron chi connectivity index (χ1n) is 5.26. The van der Waals surface area contributed by atoms with Gasteiger partial charge in [-0.3, -0.25) is 4.79 Å². The molecule has 1 amide bonds. The standard InChI is InChI=1S/C13H10BrFN2O/c1-8-4-5-9(7-11(8)15)17-13(18)10-3-2-6-16-12(10)14/h2-7H,1H3,(H,17,18). The van der Waals surface area contributed by atoms with Crippen molar-refractivity contribution in [1.82, 2.24) is 4.98 Å². The van der Waals surface area contributed by atoms with Gasteiger partial charge in [0, 0.05) is 11.9 Å². The van der Waals surface area contributed by atoms with Gasteiger partial charge in [-0.2, -0.15) is 0 Å². The molecule has 0 unspecified atom stereocenters. The van der Waals surface area contributed by atoms with E-state index < -0.39 is 0 Å². The van der Waals surface area contributed by atoms with Gasteiger partial charge in [0.05, 0.1) is 5.56 Å². The third-order valence-corrected chi connectivity index (χ3v) is 3.07. The molecule has 3 nitrogen and oxygen atoms in total. The quantitative estimate of drug-likeness (QED) is 0.862. The molecule has 0 saturated heterocycles. The van der Waals surface area contributed by atoms with Crippen LogP contribution in [-0.2, 0) is 0 Å². The Balaban J connectivity index is 2.22. The zero-order valence-corrected chi connectivity index (χ0v) is 11.2. The number of benzene rings is 1. The average molecular weight is 309 g/mol. The Morgan fingerprint density at radius 3 is 2.83 bits per heavy atom. The largest absolute Gasteiger partial charge is 0.322 e. The van der Waals surface area contributed by atoms with E-state index in [-0.39, 0.29) is 11.7 Å². The fraction of sp³-hybridized carbons (Fsp3) is 0.0769. The van der Waals surface area contributed by atoms with Crippen LogP contribution in [0.1, 0.15) is 15.9 Å².